The monoisotopic (exact) mass is 361 g/mol. The molecular formula is C21H28FNO3. The Bertz CT molecular complexity index is 624. The second-order valence-corrected chi connectivity index (χ2v) is 6.33. The Balaban J connectivity index is 1.83. The molecule has 0 fully saturated rings. The van der Waals surface area contributed by atoms with Gasteiger partial charge < -0.3 is 14.6 Å². The Hall–Kier alpha value is -1.79. The predicted molar refractivity (Wildman–Crippen MR) is 100 cm³/mol. The molecule has 1 unspecified atom stereocenters. The third kappa shape index (κ3) is 7.62. The number of aliphatic hydroxyl groups is 1. The van der Waals surface area contributed by atoms with Gasteiger partial charge in [0.15, 0.2) is 0 Å². The molecule has 4 nitrogen and oxygen atoms in total. The van der Waals surface area contributed by atoms with Crippen LogP contribution in [-0.2, 0) is 22.6 Å². The number of aliphatic hydroxyl groups excluding tert-OH is 1. The summed E-state index contributed by atoms with van der Waals surface area (Å²) < 4.78 is 24.6. The van der Waals surface area contributed by atoms with Gasteiger partial charge in [-0.1, -0.05) is 48.5 Å². The van der Waals surface area contributed by atoms with Gasteiger partial charge in [0.25, 0.3) is 0 Å². The van der Waals surface area contributed by atoms with E-state index >= 15 is 0 Å². The average Bonchev–Trinajstić information content (AvgIpc) is 2.64. The Morgan fingerprint density at radius 3 is 2.54 bits per heavy atom. The van der Waals surface area contributed by atoms with Crippen LogP contribution in [0.1, 0.15) is 17.5 Å². The van der Waals surface area contributed by atoms with Crippen molar-refractivity contribution in [2.24, 2.45) is 0 Å². The van der Waals surface area contributed by atoms with E-state index in [0.29, 0.717) is 31.9 Å². The summed E-state index contributed by atoms with van der Waals surface area (Å²) in [4.78, 5) is 2.04. The SMILES string of the molecule is COCCCN(Cc1ccccc1F)CC(O)COCc1ccccc1. The molecule has 1 N–H and O–H groups in total. The number of methoxy groups -OCH3 is 1. The van der Waals surface area contributed by atoms with Crippen molar-refractivity contribution in [1.29, 1.82) is 0 Å². The molecule has 0 spiro atoms. The minimum absolute atomic E-state index is 0.223. The lowest BCUT2D eigenvalue weighted by atomic mass is 10.2. The molecule has 0 saturated carbocycles. The fourth-order valence-corrected chi connectivity index (χ4v) is 2.77. The molecule has 0 amide bonds. The highest BCUT2D eigenvalue weighted by atomic mass is 19.1. The number of hydrogen-bond acceptors (Lipinski definition) is 4. The van der Waals surface area contributed by atoms with E-state index in [9.17, 15) is 9.50 Å². The van der Waals surface area contributed by atoms with Crippen molar-refractivity contribution >= 4 is 0 Å². The van der Waals surface area contributed by atoms with Gasteiger partial charge in [-0.15, -0.1) is 0 Å². The maximum Gasteiger partial charge on any atom is 0.127 e. The highest BCUT2D eigenvalue weighted by Gasteiger charge is 2.14. The third-order valence-corrected chi connectivity index (χ3v) is 4.07. The number of benzene rings is 2. The van der Waals surface area contributed by atoms with Gasteiger partial charge in [0.05, 0.1) is 19.3 Å². The molecular weight excluding hydrogens is 333 g/mol. The van der Waals surface area contributed by atoms with Crippen LogP contribution >= 0.6 is 0 Å². The summed E-state index contributed by atoms with van der Waals surface area (Å²) in [5, 5.41) is 10.3. The Morgan fingerprint density at radius 1 is 1.08 bits per heavy atom. The largest absolute Gasteiger partial charge is 0.389 e. The van der Waals surface area contributed by atoms with Crippen molar-refractivity contribution in [2.45, 2.75) is 25.7 Å². The van der Waals surface area contributed by atoms with Crippen molar-refractivity contribution in [2.75, 3.05) is 33.4 Å². The first kappa shape index (κ1) is 20.5. The van der Waals surface area contributed by atoms with Crippen LogP contribution in [0.25, 0.3) is 0 Å². The number of nitrogens with zero attached hydrogens (tertiary/aromatic N) is 1. The molecule has 0 radical (unpaired) electrons. The van der Waals surface area contributed by atoms with Crippen LogP contribution in [0.4, 0.5) is 4.39 Å². The summed E-state index contributed by atoms with van der Waals surface area (Å²) in [6, 6.07) is 16.6. The minimum atomic E-state index is -0.631. The summed E-state index contributed by atoms with van der Waals surface area (Å²) in [6.45, 7) is 2.94. The molecule has 0 bridgehead atoms. The molecule has 0 saturated heterocycles. The van der Waals surface area contributed by atoms with Crippen LogP contribution in [0.3, 0.4) is 0 Å². The van der Waals surface area contributed by atoms with E-state index in [1.165, 1.54) is 6.07 Å². The zero-order chi connectivity index (χ0) is 18.6. The van der Waals surface area contributed by atoms with Crippen LogP contribution in [0.5, 0.6) is 0 Å². The average molecular weight is 361 g/mol. The van der Waals surface area contributed by atoms with Gasteiger partial charge >= 0.3 is 0 Å². The standard InChI is InChI=1S/C21H28FNO3/c1-25-13-7-12-23(14-19-10-5-6-11-21(19)22)15-20(24)17-26-16-18-8-3-2-4-9-18/h2-6,8-11,20,24H,7,12-17H2,1H3. The van der Waals surface area contributed by atoms with Gasteiger partial charge in [0.1, 0.15) is 5.82 Å². The smallest absolute Gasteiger partial charge is 0.127 e. The van der Waals surface area contributed by atoms with E-state index in [1.54, 1.807) is 19.2 Å². The fraction of sp³-hybridized carbons (Fsp3) is 0.429. The zero-order valence-electron chi connectivity index (χ0n) is 15.3. The van der Waals surface area contributed by atoms with E-state index in [4.69, 9.17) is 9.47 Å². The van der Waals surface area contributed by atoms with Gasteiger partial charge in [-0.3, -0.25) is 4.90 Å². The van der Waals surface area contributed by atoms with Gasteiger partial charge in [-0.25, -0.2) is 4.39 Å². The molecule has 0 aliphatic heterocycles. The topological polar surface area (TPSA) is 41.9 Å². The molecule has 142 valence electrons. The van der Waals surface area contributed by atoms with Crippen LogP contribution in [0.2, 0.25) is 0 Å². The highest BCUT2D eigenvalue weighted by Crippen LogP contribution is 2.11. The molecule has 26 heavy (non-hydrogen) atoms. The number of rotatable bonds is 12. The van der Waals surface area contributed by atoms with Crippen molar-refractivity contribution in [3.05, 3.63) is 71.5 Å². The lowest BCUT2D eigenvalue weighted by molar-refractivity contribution is 0.00723. The minimum Gasteiger partial charge on any atom is -0.389 e. The summed E-state index contributed by atoms with van der Waals surface area (Å²) in [7, 11) is 1.66. The van der Waals surface area contributed by atoms with E-state index in [-0.39, 0.29) is 12.4 Å². The Kier molecular flexibility index (Phi) is 9.28. The molecule has 1 atom stereocenters. The Morgan fingerprint density at radius 2 is 1.81 bits per heavy atom. The first-order chi connectivity index (χ1) is 12.7. The predicted octanol–water partition coefficient (Wildman–Crippen LogP) is 3.24. The lowest BCUT2D eigenvalue weighted by Gasteiger charge is -2.25. The van der Waals surface area contributed by atoms with E-state index in [0.717, 1.165) is 18.5 Å². The summed E-state index contributed by atoms with van der Waals surface area (Å²) in [5.74, 6) is -0.223. The quantitative estimate of drug-likeness (QED) is 0.590. The van der Waals surface area contributed by atoms with Gasteiger partial charge in [-0.2, -0.15) is 0 Å². The van der Waals surface area contributed by atoms with Crippen molar-refractivity contribution < 1.29 is 19.0 Å². The first-order valence-corrected chi connectivity index (χ1v) is 8.93. The zero-order valence-corrected chi connectivity index (χ0v) is 15.3. The molecule has 0 aliphatic carbocycles. The van der Waals surface area contributed by atoms with Crippen LogP contribution < -0.4 is 0 Å². The second kappa shape index (κ2) is 11.8. The van der Waals surface area contributed by atoms with Gasteiger partial charge in [0, 0.05) is 38.9 Å². The molecule has 2 aromatic carbocycles. The van der Waals surface area contributed by atoms with Crippen molar-refractivity contribution in [1.82, 2.24) is 4.90 Å². The summed E-state index contributed by atoms with van der Waals surface area (Å²) in [6.07, 6.45) is 0.191. The molecule has 0 heterocycles. The first-order valence-electron chi connectivity index (χ1n) is 8.93. The maximum atomic E-state index is 13.9. The fourth-order valence-electron chi connectivity index (χ4n) is 2.77. The molecule has 2 aromatic rings. The molecule has 0 aliphatic rings. The number of ether oxygens (including phenoxy) is 2. The maximum absolute atomic E-state index is 13.9. The van der Waals surface area contributed by atoms with E-state index in [2.05, 4.69) is 0 Å². The van der Waals surface area contributed by atoms with E-state index < -0.39 is 6.10 Å². The van der Waals surface area contributed by atoms with E-state index in [1.807, 2.05) is 41.3 Å². The van der Waals surface area contributed by atoms with Crippen LogP contribution in [0, 0.1) is 5.82 Å². The lowest BCUT2D eigenvalue weighted by Crippen LogP contribution is -2.35. The van der Waals surface area contributed by atoms with Crippen molar-refractivity contribution in [3.8, 4) is 0 Å². The van der Waals surface area contributed by atoms with Gasteiger partial charge in [-0.05, 0) is 18.1 Å². The molecule has 2 rings (SSSR count). The van der Waals surface area contributed by atoms with Crippen LogP contribution in [0.15, 0.2) is 54.6 Å². The number of halogens is 1. The summed E-state index contributed by atoms with van der Waals surface area (Å²) in [5.41, 5.74) is 1.70. The Labute approximate surface area is 155 Å². The van der Waals surface area contributed by atoms with Crippen LogP contribution in [-0.4, -0.2) is 49.5 Å². The summed E-state index contributed by atoms with van der Waals surface area (Å²) >= 11 is 0. The molecule has 5 heteroatoms. The second-order valence-electron chi connectivity index (χ2n) is 6.33. The normalized spacial score (nSPS) is 12.5. The highest BCUT2D eigenvalue weighted by molar-refractivity contribution is 5.17. The van der Waals surface area contributed by atoms with Gasteiger partial charge in [0.2, 0.25) is 0 Å². The third-order valence-electron chi connectivity index (χ3n) is 4.07. The van der Waals surface area contributed by atoms with Crippen molar-refractivity contribution in [3.63, 3.8) is 0 Å². The number of hydrogen-bond donors (Lipinski definition) is 1. The molecule has 0 aromatic heterocycles.